The van der Waals surface area contributed by atoms with Crippen LogP contribution < -0.4 is 16.0 Å². The summed E-state index contributed by atoms with van der Waals surface area (Å²) in [4.78, 5) is 25.7. The largest absolute Gasteiger partial charge is 0.351 e. The Morgan fingerprint density at radius 3 is 2.71 bits per heavy atom. The molecule has 3 rings (SSSR count). The normalized spacial score (nSPS) is 16.9. The van der Waals surface area contributed by atoms with E-state index in [2.05, 4.69) is 16.0 Å². The minimum Gasteiger partial charge on any atom is -0.351 e. The van der Waals surface area contributed by atoms with Gasteiger partial charge in [-0.3, -0.25) is 4.79 Å². The summed E-state index contributed by atoms with van der Waals surface area (Å²) >= 11 is 0. The van der Waals surface area contributed by atoms with E-state index in [9.17, 15) is 9.59 Å². The first-order chi connectivity index (χ1) is 11.7. The Morgan fingerprint density at radius 1 is 1.17 bits per heavy atom. The summed E-state index contributed by atoms with van der Waals surface area (Å²) in [5, 5.41) is 9.01. The molecule has 1 aromatic carbocycles. The number of hydrogen-bond acceptors (Lipinski definition) is 3. The predicted octanol–water partition coefficient (Wildman–Crippen LogP) is 1.93. The fraction of sp³-hybridized carbons (Fsp3) is 0.556. The summed E-state index contributed by atoms with van der Waals surface area (Å²) < 4.78 is 0. The maximum atomic E-state index is 12.1. The Bertz CT molecular complexity index is 580. The number of carbonyl (C=O) groups is 2. The standard InChI is InChI=1S/C18H26N4O2/c23-17(13-19-11-14-6-7-14)20-12-15-4-3-5-16(10-15)21-18(24)22-8-1-2-9-22/h3-5,10,14,19H,1-2,6-9,11-13H2,(H,20,23)(H,21,24). The average molecular weight is 330 g/mol. The molecule has 0 bridgehead atoms. The minimum atomic E-state index is -0.0436. The Balaban J connectivity index is 1.42. The van der Waals surface area contributed by atoms with Gasteiger partial charge in [-0.2, -0.15) is 0 Å². The van der Waals surface area contributed by atoms with Crippen molar-refractivity contribution >= 4 is 17.6 Å². The molecule has 0 radical (unpaired) electrons. The van der Waals surface area contributed by atoms with Gasteiger partial charge in [-0.15, -0.1) is 0 Å². The second kappa shape index (κ2) is 8.15. The molecule has 24 heavy (non-hydrogen) atoms. The number of amides is 3. The maximum Gasteiger partial charge on any atom is 0.321 e. The van der Waals surface area contributed by atoms with E-state index in [1.54, 1.807) is 0 Å². The Kier molecular flexibility index (Phi) is 5.69. The number of nitrogens with zero attached hydrogens (tertiary/aromatic N) is 1. The zero-order valence-corrected chi connectivity index (χ0v) is 14.0. The van der Waals surface area contributed by atoms with Gasteiger partial charge in [-0.25, -0.2) is 4.79 Å². The Hall–Kier alpha value is -2.08. The van der Waals surface area contributed by atoms with Crippen LogP contribution in [0.4, 0.5) is 10.5 Å². The van der Waals surface area contributed by atoms with Crippen molar-refractivity contribution in [2.75, 3.05) is 31.5 Å². The summed E-state index contributed by atoms with van der Waals surface area (Å²) in [5.74, 6) is 0.774. The molecule has 6 heteroatoms. The second-order valence-corrected chi connectivity index (χ2v) is 6.68. The molecular formula is C18H26N4O2. The highest BCUT2D eigenvalue weighted by molar-refractivity contribution is 5.89. The maximum absolute atomic E-state index is 12.1. The number of rotatable bonds is 7. The molecule has 1 aliphatic carbocycles. The van der Waals surface area contributed by atoms with E-state index in [0.29, 0.717) is 13.1 Å². The minimum absolute atomic E-state index is 0.00200. The Morgan fingerprint density at radius 2 is 1.96 bits per heavy atom. The number of nitrogens with one attached hydrogen (secondary N) is 3. The van der Waals surface area contributed by atoms with Crippen LogP contribution in [-0.2, 0) is 11.3 Å². The van der Waals surface area contributed by atoms with E-state index in [0.717, 1.165) is 49.6 Å². The van der Waals surface area contributed by atoms with Crippen molar-refractivity contribution in [1.29, 1.82) is 0 Å². The molecule has 3 N–H and O–H groups in total. The fourth-order valence-electron chi connectivity index (χ4n) is 2.86. The van der Waals surface area contributed by atoms with Crippen LogP contribution in [0, 0.1) is 5.92 Å². The van der Waals surface area contributed by atoms with Crippen molar-refractivity contribution in [2.45, 2.75) is 32.2 Å². The molecule has 1 aromatic rings. The third-order valence-corrected chi connectivity index (χ3v) is 4.48. The zero-order chi connectivity index (χ0) is 16.8. The average Bonchev–Trinajstić information content (AvgIpc) is 3.23. The van der Waals surface area contributed by atoms with E-state index in [4.69, 9.17) is 0 Å². The molecular weight excluding hydrogens is 304 g/mol. The summed E-state index contributed by atoms with van der Waals surface area (Å²) in [6, 6.07) is 7.58. The Labute approximate surface area is 143 Å². The number of benzene rings is 1. The van der Waals surface area contributed by atoms with Crippen LogP contribution in [0.1, 0.15) is 31.2 Å². The third-order valence-electron chi connectivity index (χ3n) is 4.48. The summed E-state index contributed by atoms with van der Waals surface area (Å²) in [7, 11) is 0. The summed E-state index contributed by atoms with van der Waals surface area (Å²) in [6.45, 7) is 3.43. The third kappa shape index (κ3) is 5.23. The lowest BCUT2D eigenvalue weighted by Gasteiger charge is -2.16. The summed E-state index contributed by atoms with van der Waals surface area (Å²) in [5.41, 5.74) is 1.75. The van der Waals surface area contributed by atoms with Crippen LogP contribution in [0.5, 0.6) is 0 Å². The lowest BCUT2D eigenvalue weighted by Crippen LogP contribution is -2.34. The smallest absolute Gasteiger partial charge is 0.321 e. The highest BCUT2D eigenvalue weighted by Crippen LogP contribution is 2.27. The molecule has 1 saturated heterocycles. The van der Waals surface area contributed by atoms with Gasteiger partial charge in [-0.1, -0.05) is 12.1 Å². The molecule has 1 heterocycles. The van der Waals surface area contributed by atoms with E-state index >= 15 is 0 Å². The van der Waals surface area contributed by atoms with Gasteiger partial charge < -0.3 is 20.9 Å². The van der Waals surface area contributed by atoms with E-state index in [1.165, 1.54) is 12.8 Å². The van der Waals surface area contributed by atoms with Gasteiger partial charge in [-0.05, 0) is 55.8 Å². The molecule has 1 saturated carbocycles. The van der Waals surface area contributed by atoms with Gasteiger partial charge in [0, 0.05) is 25.3 Å². The van der Waals surface area contributed by atoms with Crippen molar-refractivity contribution in [3.05, 3.63) is 29.8 Å². The highest BCUT2D eigenvalue weighted by atomic mass is 16.2. The second-order valence-electron chi connectivity index (χ2n) is 6.68. The molecule has 2 fully saturated rings. The van der Waals surface area contributed by atoms with Crippen LogP contribution in [0.25, 0.3) is 0 Å². The van der Waals surface area contributed by atoms with Crippen LogP contribution >= 0.6 is 0 Å². The van der Waals surface area contributed by atoms with Crippen LogP contribution in [0.15, 0.2) is 24.3 Å². The van der Waals surface area contributed by atoms with E-state index in [1.807, 2.05) is 29.2 Å². The zero-order valence-electron chi connectivity index (χ0n) is 14.0. The van der Waals surface area contributed by atoms with Crippen molar-refractivity contribution in [2.24, 2.45) is 5.92 Å². The number of carbonyl (C=O) groups excluding carboxylic acids is 2. The monoisotopic (exact) mass is 330 g/mol. The van der Waals surface area contributed by atoms with Gasteiger partial charge in [0.2, 0.25) is 5.91 Å². The van der Waals surface area contributed by atoms with Crippen molar-refractivity contribution in [3.8, 4) is 0 Å². The molecule has 2 aliphatic rings. The molecule has 0 unspecified atom stereocenters. The number of hydrogen-bond donors (Lipinski definition) is 3. The van der Waals surface area contributed by atoms with Crippen molar-refractivity contribution in [1.82, 2.24) is 15.5 Å². The lowest BCUT2D eigenvalue weighted by atomic mass is 10.2. The van der Waals surface area contributed by atoms with Gasteiger partial charge in [0.1, 0.15) is 0 Å². The summed E-state index contributed by atoms with van der Waals surface area (Å²) in [6.07, 6.45) is 4.72. The quantitative estimate of drug-likeness (QED) is 0.715. The molecule has 1 aliphatic heterocycles. The van der Waals surface area contributed by atoms with Crippen LogP contribution in [-0.4, -0.2) is 43.0 Å². The first-order valence-corrected chi connectivity index (χ1v) is 8.83. The first-order valence-electron chi connectivity index (χ1n) is 8.83. The number of anilines is 1. The van der Waals surface area contributed by atoms with E-state index < -0.39 is 0 Å². The molecule has 3 amide bonds. The van der Waals surface area contributed by atoms with E-state index in [-0.39, 0.29) is 11.9 Å². The molecule has 0 atom stereocenters. The van der Waals surface area contributed by atoms with Crippen LogP contribution in [0.3, 0.4) is 0 Å². The number of likely N-dealkylation sites (tertiary alicyclic amines) is 1. The van der Waals surface area contributed by atoms with Crippen molar-refractivity contribution < 1.29 is 9.59 Å². The lowest BCUT2D eigenvalue weighted by molar-refractivity contribution is -0.120. The SMILES string of the molecule is O=C(CNCC1CC1)NCc1cccc(NC(=O)N2CCCC2)c1. The molecule has 0 spiro atoms. The van der Waals surface area contributed by atoms with Gasteiger partial charge in [0.25, 0.3) is 0 Å². The van der Waals surface area contributed by atoms with Gasteiger partial charge in [0.15, 0.2) is 0 Å². The fourth-order valence-corrected chi connectivity index (χ4v) is 2.86. The molecule has 130 valence electrons. The topological polar surface area (TPSA) is 73.5 Å². The van der Waals surface area contributed by atoms with Gasteiger partial charge >= 0.3 is 6.03 Å². The number of urea groups is 1. The van der Waals surface area contributed by atoms with Gasteiger partial charge in [0.05, 0.1) is 6.54 Å². The predicted molar refractivity (Wildman–Crippen MR) is 93.7 cm³/mol. The van der Waals surface area contributed by atoms with Crippen molar-refractivity contribution in [3.63, 3.8) is 0 Å². The highest BCUT2D eigenvalue weighted by Gasteiger charge is 2.20. The van der Waals surface area contributed by atoms with Crippen LogP contribution in [0.2, 0.25) is 0 Å². The molecule has 0 aromatic heterocycles. The first kappa shape index (κ1) is 16.8. The molecule has 6 nitrogen and oxygen atoms in total.